The van der Waals surface area contributed by atoms with Gasteiger partial charge in [0.05, 0.1) is 7.11 Å². The van der Waals surface area contributed by atoms with Crippen LogP contribution in [0.2, 0.25) is 0 Å². The number of carbonyl (C=O) groups is 1. The minimum atomic E-state index is -0.147. The Morgan fingerprint density at radius 3 is 2.81 bits per heavy atom. The maximum absolute atomic E-state index is 11.0. The first kappa shape index (κ1) is 20.4. The number of carbonyl (C=O) groups excluding carboxylic acids is 1. The number of nitrogens with one attached hydrogen (secondary N) is 2. The van der Waals surface area contributed by atoms with E-state index in [4.69, 9.17) is 12.2 Å². The van der Waals surface area contributed by atoms with Gasteiger partial charge in [0.1, 0.15) is 0 Å². The average Bonchev–Trinajstić information content (AvgIpc) is 2.69. The molecule has 0 bridgehead atoms. The third kappa shape index (κ3) is 7.12. The molecule has 0 unspecified atom stereocenters. The molecule has 1 atom stereocenters. The van der Waals surface area contributed by atoms with E-state index in [2.05, 4.69) is 44.8 Å². The molecule has 0 aliphatic heterocycles. The number of nitrogens with zero attached hydrogens (tertiary/aromatic N) is 1. The minimum Gasteiger partial charge on any atom is -0.469 e. The van der Waals surface area contributed by atoms with E-state index < -0.39 is 0 Å². The van der Waals surface area contributed by atoms with Crippen LogP contribution in [0.1, 0.15) is 62.8 Å². The molecule has 0 amide bonds. The zero-order valence-corrected chi connectivity index (χ0v) is 16.3. The Balaban J connectivity index is 1.71. The monoisotopic (exact) mass is 375 g/mol. The lowest BCUT2D eigenvalue weighted by molar-refractivity contribution is -0.140. The van der Waals surface area contributed by atoms with Gasteiger partial charge in [-0.1, -0.05) is 43.2 Å². The maximum atomic E-state index is 11.0. The van der Waals surface area contributed by atoms with Crippen LogP contribution in [0.25, 0.3) is 0 Å². The molecule has 1 saturated carbocycles. The van der Waals surface area contributed by atoms with Crippen LogP contribution in [0.3, 0.4) is 0 Å². The topological polar surface area (TPSA) is 62.7 Å². The number of ether oxygens (including phenoxy) is 1. The first-order chi connectivity index (χ1) is 12.7. The molecule has 5 nitrogen and oxygen atoms in total. The Bertz CT molecular complexity index is 604. The quantitative estimate of drug-likeness (QED) is 0.312. The summed E-state index contributed by atoms with van der Waals surface area (Å²) in [6.45, 7) is 0.778. The van der Waals surface area contributed by atoms with E-state index in [1.54, 1.807) is 0 Å². The van der Waals surface area contributed by atoms with Gasteiger partial charge in [-0.2, -0.15) is 5.10 Å². The van der Waals surface area contributed by atoms with E-state index in [9.17, 15) is 4.79 Å². The SMILES string of the molecule is COC(=O)CCCCCNC(=S)N/N=C1/CCCC[C@@H]1c1ccccc1. The fourth-order valence-corrected chi connectivity index (χ4v) is 3.36. The fraction of sp³-hybridized carbons (Fsp3) is 0.550. The van der Waals surface area contributed by atoms with Crippen LogP contribution in [0, 0.1) is 0 Å². The van der Waals surface area contributed by atoms with Gasteiger partial charge in [-0.15, -0.1) is 0 Å². The number of hydrazone groups is 1. The van der Waals surface area contributed by atoms with Crippen LogP contribution >= 0.6 is 12.2 Å². The van der Waals surface area contributed by atoms with Crippen molar-refractivity contribution in [1.29, 1.82) is 0 Å². The fourth-order valence-electron chi connectivity index (χ4n) is 3.21. The normalized spacial score (nSPS) is 18.3. The number of hydrogen-bond donors (Lipinski definition) is 2. The standard InChI is InChI=1S/C20H29N3O2S/c1-25-19(24)14-6-3-9-15-21-20(26)23-22-18-13-8-7-12-17(18)16-10-4-2-5-11-16/h2,4-5,10-11,17H,3,6-9,12-15H2,1H3,(H2,21,23,26)/b22-18-/t17-/m1/s1. The molecule has 0 spiro atoms. The summed E-state index contributed by atoms with van der Waals surface area (Å²) in [4.78, 5) is 11.0. The van der Waals surface area contributed by atoms with Gasteiger partial charge in [0.25, 0.3) is 0 Å². The number of benzene rings is 1. The Kier molecular flexibility index (Phi) is 9.10. The molecule has 0 radical (unpaired) electrons. The zero-order chi connectivity index (χ0) is 18.6. The van der Waals surface area contributed by atoms with Gasteiger partial charge in [0, 0.05) is 24.6 Å². The van der Waals surface area contributed by atoms with Crippen LogP contribution < -0.4 is 10.7 Å². The molecule has 0 heterocycles. The second-order valence-electron chi connectivity index (χ2n) is 6.57. The summed E-state index contributed by atoms with van der Waals surface area (Å²) in [5.41, 5.74) is 5.52. The van der Waals surface area contributed by atoms with E-state index in [1.165, 1.54) is 31.2 Å². The van der Waals surface area contributed by atoms with Crippen molar-refractivity contribution in [1.82, 2.24) is 10.7 Å². The molecule has 1 fully saturated rings. The highest BCUT2D eigenvalue weighted by Gasteiger charge is 2.22. The van der Waals surface area contributed by atoms with Crippen molar-refractivity contribution in [3.63, 3.8) is 0 Å². The van der Waals surface area contributed by atoms with Crippen molar-refractivity contribution in [2.24, 2.45) is 5.10 Å². The molecule has 26 heavy (non-hydrogen) atoms. The van der Waals surface area contributed by atoms with Crippen molar-refractivity contribution in [2.75, 3.05) is 13.7 Å². The van der Waals surface area contributed by atoms with Crippen LogP contribution in [-0.4, -0.2) is 30.4 Å². The molecule has 1 aromatic carbocycles. The minimum absolute atomic E-state index is 0.147. The third-order valence-corrected chi connectivity index (χ3v) is 4.89. The van der Waals surface area contributed by atoms with Gasteiger partial charge in [-0.25, -0.2) is 0 Å². The number of hydrogen-bond acceptors (Lipinski definition) is 4. The smallest absolute Gasteiger partial charge is 0.305 e. The summed E-state index contributed by atoms with van der Waals surface area (Å²) < 4.78 is 4.63. The van der Waals surface area contributed by atoms with Crippen molar-refractivity contribution in [3.05, 3.63) is 35.9 Å². The molecular formula is C20H29N3O2S. The van der Waals surface area contributed by atoms with Gasteiger partial charge in [-0.3, -0.25) is 10.2 Å². The van der Waals surface area contributed by atoms with Gasteiger partial charge < -0.3 is 10.1 Å². The Morgan fingerprint density at radius 2 is 2.04 bits per heavy atom. The van der Waals surface area contributed by atoms with Crippen LogP contribution in [-0.2, 0) is 9.53 Å². The summed E-state index contributed by atoms with van der Waals surface area (Å²) >= 11 is 5.31. The van der Waals surface area contributed by atoms with Gasteiger partial charge >= 0.3 is 5.97 Å². The van der Waals surface area contributed by atoms with E-state index >= 15 is 0 Å². The van der Waals surface area contributed by atoms with Crippen molar-refractivity contribution >= 4 is 29.0 Å². The average molecular weight is 376 g/mol. The van der Waals surface area contributed by atoms with Crippen molar-refractivity contribution in [3.8, 4) is 0 Å². The Hall–Kier alpha value is -1.95. The lowest BCUT2D eigenvalue weighted by atomic mass is 9.82. The number of unbranched alkanes of at least 4 members (excludes halogenated alkanes) is 2. The highest BCUT2D eigenvalue weighted by molar-refractivity contribution is 7.80. The van der Waals surface area contributed by atoms with Crippen LogP contribution in [0.4, 0.5) is 0 Å². The number of rotatable bonds is 8. The molecule has 0 saturated heterocycles. The molecule has 2 N–H and O–H groups in total. The van der Waals surface area contributed by atoms with Crippen molar-refractivity contribution < 1.29 is 9.53 Å². The van der Waals surface area contributed by atoms with Crippen LogP contribution in [0.15, 0.2) is 35.4 Å². The molecule has 142 valence electrons. The summed E-state index contributed by atoms with van der Waals surface area (Å²) in [5, 5.41) is 8.33. The maximum Gasteiger partial charge on any atom is 0.305 e. The molecule has 2 rings (SSSR count). The molecule has 6 heteroatoms. The predicted molar refractivity (Wildman–Crippen MR) is 109 cm³/mol. The second-order valence-corrected chi connectivity index (χ2v) is 6.97. The lowest BCUT2D eigenvalue weighted by Gasteiger charge is -2.24. The molecule has 1 aromatic rings. The molecule has 0 aromatic heterocycles. The van der Waals surface area contributed by atoms with Crippen LogP contribution in [0.5, 0.6) is 0 Å². The molecule has 1 aliphatic rings. The summed E-state index contributed by atoms with van der Waals surface area (Å²) in [7, 11) is 1.42. The molecular weight excluding hydrogens is 346 g/mol. The highest BCUT2D eigenvalue weighted by atomic mass is 32.1. The number of esters is 1. The summed E-state index contributed by atoms with van der Waals surface area (Å²) in [6, 6.07) is 10.6. The van der Waals surface area contributed by atoms with E-state index in [0.717, 1.165) is 38.6 Å². The van der Waals surface area contributed by atoms with Gasteiger partial charge in [0.2, 0.25) is 0 Å². The first-order valence-electron chi connectivity index (χ1n) is 9.42. The number of methoxy groups -OCH3 is 1. The second kappa shape index (κ2) is 11.6. The van der Waals surface area contributed by atoms with E-state index in [0.29, 0.717) is 17.5 Å². The highest BCUT2D eigenvalue weighted by Crippen LogP contribution is 2.30. The lowest BCUT2D eigenvalue weighted by Crippen LogP contribution is -2.34. The van der Waals surface area contributed by atoms with Gasteiger partial charge in [0.15, 0.2) is 5.11 Å². The Labute approximate surface area is 161 Å². The van der Waals surface area contributed by atoms with E-state index in [1.807, 2.05) is 6.07 Å². The predicted octanol–water partition coefficient (Wildman–Crippen LogP) is 3.90. The largest absolute Gasteiger partial charge is 0.469 e. The summed E-state index contributed by atoms with van der Waals surface area (Å²) in [6.07, 6.45) is 7.84. The summed E-state index contributed by atoms with van der Waals surface area (Å²) in [5.74, 6) is 0.241. The molecule has 1 aliphatic carbocycles. The van der Waals surface area contributed by atoms with E-state index in [-0.39, 0.29) is 5.97 Å². The first-order valence-corrected chi connectivity index (χ1v) is 9.83. The zero-order valence-electron chi connectivity index (χ0n) is 15.5. The Morgan fingerprint density at radius 1 is 1.23 bits per heavy atom. The number of thiocarbonyl (C=S) groups is 1. The van der Waals surface area contributed by atoms with Crippen molar-refractivity contribution in [2.45, 2.75) is 57.3 Å². The van der Waals surface area contributed by atoms with Gasteiger partial charge in [-0.05, 0) is 49.9 Å². The third-order valence-electron chi connectivity index (χ3n) is 4.65.